The van der Waals surface area contributed by atoms with Gasteiger partial charge < -0.3 is 9.47 Å². The molecule has 0 bridgehead atoms. The summed E-state index contributed by atoms with van der Waals surface area (Å²) in [5.41, 5.74) is 5.78. The van der Waals surface area contributed by atoms with Gasteiger partial charge in [-0.05, 0) is 47.9 Å². The summed E-state index contributed by atoms with van der Waals surface area (Å²) >= 11 is 0. The van der Waals surface area contributed by atoms with E-state index >= 15 is 0 Å². The maximum absolute atomic E-state index is 8.96. The lowest BCUT2D eigenvalue weighted by Gasteiger charge is -2.21. The quantitative estimate of drug-likeness (QED) is 0.577. The SMILES string of the molecule is COc1ccc(OCc2ccccc2)c2c1C(C=Cc1ccc(C#N)cc1)=NCC2. The van der Waals surface area contributed by atoms with Crippen molar-refractivity contribution in [2.45, 2.75) is 13.0 Å². The predicted molar refractivity (Wildman–Crippen MR) is 119 cm³/mol. The van der Waals surface area contributed by atoms with Crippen LogP contribution in [-0.4, -0.2) is 19.4 Å². The normalized spacial score (nSPS) is 12.7. The number of hydrogen-bond acceptors (Lipinski definition) is 4. The summed E-state index contributed by atoms with van der Waals surface area (Å²) < 4.78 is 11.8. The molecule has 1 aliphatic rings. The summed E-state index contributed by atoms with van der Waals surface area (Å²) in [5.74, 6) is 1.66. The molecule has 30 heavy (non-hydrogen) atoms. The average molecular weight is 394 g/mol. The molecule has 0 spiro atoms. The standard InChI is InChI=1S/C26H22N2O2/c1-29-25-14-13-24(30-18-21-5-3-2-4-6-21)22-15-16-28-23(26(22)25)12-11-19-7-9-20(17-27)10-8-19/h2-14H,15-16,18H2,1H3. The zero-order valence-corrected chi connectivity index (χ0v) is 16.8. The molecule has 0 fully saturated rings. The van der Waals surface area contributed by atoms with E-state index in [1.165, 1.54) is 0 Å². The van der Waals surface area contributed by atoms with Crippen LogP contribution in [0, 0.1) is 11.3 Å². The molecule has 3 aromatic rings. The molecule has 0 aromatic heterocycles. The van der Waals surface area contributed by atoms with Crippen molar-refractivity contribution in [2.24, 2.45) is 4.99 Å². The van der Waals surface area contributed by atoms with Crippen LogP contribution in [0.2, 0.25) is 0 Å². The molecule has 1 heterocycles. The highest BCUT2D eigenvalue weighted by Crippen LogP contribution is 2.34. The smallest absolute Gasteiger partial charge is 0.128 e. The first kappa shape index (κ1) is 19.5. The monoisotopic (exact) mass is 394 g/mol. The van der Waals surface area contributed by atoms with Gasteiger partial charge >= 0.3 is 0 Å². The third-order valence-corrected chi connectivity index (χ3v) is 5.06. The van der Waals surface area contributed by atoms with Gasteiger partial charge in [0.05, 0.1) is 24.5 Å². The first-order valence-electron chi connectivity index (χ1n) is 9.88. The molecule has 148 valence electrons. The molecule has 0 N–H and O–H groups in total. The lowest BCUT2D eigenvalue weighted by molar-refractivity contribution is 0.302. The van der Waals surface area contributed by atoms with E-state index < -0.39 is 0 Å². The summed E-state index contributed by atoms with van der Waals surface area (Å²) in [6.45, 7) is 1.22. The van der Waals surface area contributed by atoms with Crippen LogP contribution < -0.4 is 9.47 Å². The second kappa shape index (κ2) is 9.11. The van der Waals surface area contributed by atoms with E-state index in [1.54, 1.807) is 7.11 Å². The number of nitriles is 1. The minimum Gasteiger partial charge on any atom is -0.496 e. The molecule has 0 radical (unpaired) electrons. The van der Waals surface area contributed by atoms with Gasteiger partial charge in [0.2, 0.25) is 0 Å². The summed E-state index contributed by atoms with van der Waals surface area (Å²) in [4.78, 5) is 4.73. The number of hydrogen-bond donors (Lipinski definition) is 0. The third kappa shape index (κ3) is 4.26. The number of ether oxygens (including phenoxy) is 2. The third-order valence-electron chi connectivity index (χ3n) is 5.06. The molecular formula is C26H22N2O2. The largest absolute Gasteiger partial charge is 0.496 e. The van der Waals surface area contributed by atoms with Gasteiger partial charge in [0.1, 0.15) is 18.1 Å². The topological polar surface area (TPSA) is 54.6 Å². The molecule has 0 atom stereocenters. The Morgan fingerprint density at radius 2 is 1.73 bits per heavy atom. The summed E-state index contributed by atoms with van der Waals surface area (Å²) in [6, 6.07) is 23.7. The van der Waals surface area contributed by atoms with Gasteiger partial charge in [0, 0.05) is 17.7 Å². The second-order valence-corrected chi connectivity index (χ2v) is 6.98. The lowest BCUT2D eigenvalue weighted by Crippen LogP contribution is -2.14. The highest BCUT2D eigenvalue weighted by Gasteiger charge is 2.21. The van der Waals surface area contributed by atoms with Crippen LogP contribution in [0.25, 0.3) is 6.08 Å². The van der Waals surface area contributed by atoms with Gasteiger partial charge in [0.25, 0.3) is 0 Å². The molecule has 4 heteroatoms. The van der Waals surface area contributed by atoms with E-state index in [9.17, 15) is 0 Å². The Kier molecular flexibility index (Phi) is 5.91. The van der Waals surface area contributed by atoms with Crippen LogP contribution in [0.4, 0.5) is 0 Å². The summed E-state index contributed by atoms with van der Waals surface area (Å²) in [5, 5.41) is 8.96. The minimum absolute atomic E-state index is 0.521. The predicted octanol–water partition coefficient (Wildman–Crippen LogP) is 5.20. The molecule has 0 saturated heterocycles. The van der Waals surface area contributed by atoms with Crippen LogP contribution in [0.3, 0.4) is 0 Å². The van der Waals surface area contributed by atoms with Crippen molar-refractivity contribution >= 4 is 11.8 Å². The van der Waals surface area contributed by atoms with E-state index in [2.05, 4.69) is 18.2 Å². The molecule has 4 rings (SSSR count). The van der Waals surface area contributed by atoms with Crippen molar-refractivity contribution in [2.75, 3.05) is 13.7 Å². The fourth-order valence-corrected chi connectivity index (χ4v) is 3.52. The zero-order valence-electron chi connectivity index (χ0n) is 16.8. The van der Waals surface area contributed by atoms with Crippen molar-refractivity contribution < 1.29 is 9.47 Å². The van der Waals surface area contributed by atoms with E-state index in [4.69, 9.17) is 19.7 Å². The molecule has 0 unspecified atom stereocenters. The molecule has 3 aromatic carbocycles. The van der Waals surface area contributed by atoms with E-state index in [-0.39, 0.29) is 0 Å². The van der Waals surface area contributed by atoms with Crippen molar-refractivity contribution in [3.8, 4) is 17.6 Å². The van der Waals surface area contributed by atoms with Gasteiger partial charge in [0.15, 0.2) is 0 Å². The number of nitrogens with zero attached hydrogens (tertiary/aromatic N) is 2. The molecule has 0 aliphatic carbocycles. The highest BCUT2D eigenvalue weighted by molar-refractivity contribution is 6.14. The summed E-state index contributed by atoms with van der Waals surface area (Å²) in [6.07, 6.45) is 4.82. The number of benzene rings is 3. The number of fused-ring (bicyclic) bond motifs is 1. The lowest BCUT2D eigenvalue weighted by atomic mass is 9.94. The van der Waals surface area contributed by atoms with E-state index in [1.807, 2.05) is 66.7 Å². The van der Waals surface area contributed by atoms with Crippen molar-refractivity contribution in [1.29, 1.82) is 5.26 Å². The van der Waals surface area contributed by atoms with Gasteiger partial charge in [-0.2, -0.15) is 5.26 Å². The van der Waals surface area contributed by atoms with Crippen LogP contribution >= 0.6 is 0 Å². The van der Waals surface area contributed by atoms with Gasteiger partial charge in [-0.25, -0.2) is 0 Å². The number of rotatable bonds is 6. The maximum atomic E-state index is 8.96. The second-order valence-electron chi connectivity index (χ2n) is 6.98. The average Bonchev–Trinajstić information content (AvgIpc) is 2.82. The number of methoxy groups -OCH3 is 1. The van der Waals surface area contributed by atoms with Gasteiger partial charge in [-0.15, -0.1) is 0 Å². The molecule has 1 aliphatic heterocycles. The van der Waals surface area contributed by atoms with Crippen molar-refractivity contribution in [1.82, 2.24) is 0 Å². The Balaban J connectivity index is 1.62. The van der Waals surface area contributed by atoms with Crippen LogP contribution in [-0.2, 0) is 13.0 Å². The van der Waals surface area contributed by atoms with Crippen LogP contribution in [0.1, 0.15) is 27.8 Å². The fraction of sp³-hybridized carbons (Fsp3) is 0.154. The Bertz CT molecular complexity index is 1120. The minimum atomic E-state index is 0.521. The number of allylic oxidation sites excluding steroid dienone is 1. The Morgan fingerprint density at radius 1 is 0.967 bits per heavy atom. The van der Waals surface area contributed by atoms with Gasteiger partial charge in [-0.3, -0.25) is 4.99 Å². The van der Waals surface area contributed by atoms with E-state index in [0.29, 0.717) is 18.7 Å². The van der Waals surface area contributed by atoms with Crippen molar-refractivity contribution in [3.05, 3.63) is 101 Å². The highest BCUT2D eigenvalue weighted by atomic mass is 16.5. The maximum Gasteiger partial charge on any atom is 0.128 e. The molecular weight excluding hydrogens is 372 g/mol. The van der Waals surface area contributed by atoms with Gasteiger partial charge in [-0.1, -0.05) is 48.5 Å². The number of aliphatic imine (C=N–C) groups is 1. The Hall–Kier alpha value is -3.84. The zero-order chi connectivity index (χ0) is 20.8. The van der Waals surface area contributed by atoms with Crippen LogP contribution in [0.15, 0.2) is 77.8 Å². The fourth-order valence-electron chi connectivity index (χ4n) is 3.52. The summed E-state index contributed by atoms with van der Waals surface area (Å²) in [7, 11) is 1.68. The first-order valence-corrected chi connectivity index (χ1v) is 9.88. The molecule has 4 nitrogen and oxygen atoms in total. The molecule has 0 saturated carbocycles. The van der Waals surface area contributed by atoms with Crippen LogP contribution in [0.5, 0.6) is 11.5 Å². The Labute approximate surface area is 176 Å². The Morgan fingerprint density at radius 3 is 2.47 bits per heavy atom. The first-order chi connectivity index (χ1) is 14.8. The molecule has 0 amide bonds. The van der Waals surface area contributed by atoms with Crippen molar-refractivity contribution in [3.63, 3.8) is 0 Å². The van der Waals surface area contributed by atoms with E-state index in [0.717, 1.165) is 45.9 Å².